The molecule has 1 saturated carbocycles. The highest BCUT2D eigenvalue weighted by Crippen LogP contribution is 2.35. The SMILES string of the molecule is O=S(=O)(NC1CCCC(n2cnnc2)C1)c1cc(-c2cccc(F)n2)cc(C(F)(F)F)c1. The Kier molecular flexibility index (Phi) is 5.99. The third kappa shape index (κ3) is 4.96. The van der Waals surface area contributed by atoms with Gasteiger partial charge in [-0.15, -0.1) is 10.2 Å². The maximum Gasteiger partial charge on any atom is 0.416 e. The van der Waals surface area contributed by atoms with Gasteiger partial charge in [0.05, 0.1) is 16.2 Å². The van der Waals surface area contributed by atoms with Gasteiger partial charge in [0.15, 0.2) is 0 Å². The van der Waals surface area contributed by atoms with Crippen molar-refractivity contribution in [1.82, 2.24) is 24.5 Å². The Bertz CT molecular complexity index is 1200. The number of rotatable bonds is 5. The number of hydrogen-bond donors (Lipinski definition) is 1. The smallest absolute Gasteiger partial charge is 0.317 e. The molecule has 0 amide bonds. The minimum atomic E-state index is -4.79. The molecule has 0 aliphatic heterocycles. The fraction of sp³-hybridized carbons (Fsp3) is 0.350. The van der Waals surface area contributed by atoms with Gasteiger partial charge < -0.3 is 4.57 Å². The van der Waals surface area contributed by atoms with Crippen molar-refractivity contribution in [2.75, 3.05) is 0 Å². The van der Waals surface area contributed by atoms with E-state index in [-0.39, 0.29) is 17.3 Å². The van der Waals surface area contributed by atoms with Crippen LogP contribution in [0.1, 0.15) is 37.3 Å². The quantitative estimate of drug-likeness (QED) is 0.451. The number of hydrogen-bond acceptors (Lipinski definition) is 5. The molecule has 2 heterocycles. The lowest BCUT2D eigenvalue weighted by atomic mass is 9.91. The number of sulfonamides is 1. The van der Waals surface area contributed by atoms with Crippen molar-refractivity contribution in [3.8, 4) is 11.3 Å². The molecule has 1 N–H and O–H groups in total. The number of nitrogens with zero attached hydrogens (tertiary/aromatic N) is 4. The van der Waals surface area contributed by atoms with E-state index in [2.05, 4.69) is 19.9 Å². The third-order valence-electron chi connectivity index (χ3n) is 5.38. The zero-order chi connectivity index (χ0) is 22.9. The van der Waals surface area contributed by atoms with E-state index in [1.54, 1.807) is 17.2 Å². The lowest BCUT2D eigenvalue weighted by Crippen LogP contribution is -2.38. The summed E-state index contributed by atoms with van der Waals surface area (Å²) in [4.78, 5) is 3.02. The molecule has 1 fully saturated rings. The van der Waals surface area contributed by atoms with Crippen molar-refractivity contribution in [3.05, 3.63) is 60.6 Å². The fourth-order valence-corrected chi connectivity index (χ4v) is 5.21. The molecule has 0 spiro atoms. The first-order chi connectivity index (χ1) is 15.1. The lowest BCUT2D eigenvalue weighted by molar-refractivity contribution is -0.137. The maximum absolute atomic E-state index is 13.5. The van der Waals surface area contributed by atoms with E-state index < -0.39 is 38.6 Å². The van der Waals surface area contributed by atoms with Gasteiger partial charge in [0.2, 0.25) is 16.0 Å². The molecule has 2 atom stereocenters. The Morgan fingerprint density at radius 2 is 1.81 bits per heavy atom. The predicted molar refractivity (Wildman–Crippen MR) is 106 cm³/mol. The second-order valence-corrected chi connectivity index (χ2v) is 9.35. The van der Waals surface area contributed by atoms with Crippen molar-refractivity contribution in [1.29, 1.82) is 0 Å². The summed E-state index contributed by atoms with van der Waals surface area (Å²) in [7, 11) is -4.29. The van der Waals surface area contributed by atoms with Gasteiger partial charge >= 0.3 is 6.18 Å². The summed E-state index contributed by atoms with van der Waals surface area (Å²) < 4.78 is 84.3. The van der Waals surface area contributed by atoms with Crippen LogP contribution >= 0.6 is 0 Å². The van der Waals surface area contributed by atoms with Crippen LogP contribution in [0.3, 0.4) is 0 Å². The Balaban J connectivity index is 1.65. The van der Waals surface area contributed by atoms with Crippen LogP contribution in [0.4, 0.5) is 17.6 Å². The fourth-order valence-electron chi connectivity index (χ4n) is 3.86. The number of benzene rings is 1. The van der Waals surface area contributed by atoms with Gasteiger partial charge in [-0.05, 0) is 56.0 Å². The summed E-state index contributed by atoms with van der Waals surface area (Å²) in [6, 6.07) is 5.57. The minimum Gasteiger partial charge on any atom is -0.317 e. The van der Waals surface area contributed by atoms with Gasteiger partial charge in [0.25, 0.3) is 0 Å². The van der Waals surface area contributed by atoms with Crippen molar-refractivity contribution in [2.45, 2.75) is 48.8 Å². The number of aromatic nitrogens is 4. The molecule has 2 aromatic heterocycles. The number of pyridine rings is 1. The van der Waals surface area contributed by atoms with Crippen LogP contribution in [0.2, 0.25) is 0 Å². The molecule has 4 rings (SSSR count). The molecule has 1 aromatic carbocycles. The van der Waals surface area contributed by atoms with Crippen LogP contribution in [-0.2, 0) is 16.2 Å². The lowest BCUT2D eigenvalue weighted by Gasteiger charge is -2.30. The number of halogens is 4. The molecular formula is C20H19F4N5O2S. The van der Waals surface area contributed by atoms with E-state index in [0.717, 1.165) is 31.0 Å². The Hall–Kier alpha value is -2.86. The second kappa shape index (κ2) is 8.58. The number of alkyl halides is 3. The Labute approximate surface area is 181 Å². The van der Waals surface area contributed by atoms with Crippen LogP contribution in [0.15, 0.2) is 53.9 Å². The molecule has 1 aliphatic rings. The number of nitrogens with one attached hydrogen (secondary N) is 1. The Morgan fingerprint density at radius 3 is 2.50 bits per heavy atom. The van der Waals surface area contributed by atoms with Crippen LogP contribution in [0.5, 0.6) is 0 Å². The molecule has 3 aromatic rings. The monoisotopic (exact) mass is 469 g/mol. The average Bonchev–Trinajstić information content (AvgIpc) is 3.28. The molecule has 0 radical (unpaired) electrons. The Morgan fingerprint density at radius 1 is 1.06 bits per heavy atom. The van der Waals surface area contributed by atoms with Gasteiger partial charge in [-0.3, -0.25) is 0 Å². The normalized spacial score (nSPS) is 19.8. The zero-order valence-corrected chi connectivity index (χ0v) is 17.4. The van der Waals surface area contributed by atoms with Crippen LogP contribution in [0, 0.1) is 5.95 Å². The first kappa shape index (κ1) is 22.3. The summed E-state index contributed by atoms with van der Waals surface area (Å²) >= 11 is 0. The summed E-state index contributed by atoms with van der Waals surface area (Å²) in [5.74, 6) is -0.885. The van der Waals surface area contributed by atoms with Gasteiger partial charge in [0, 0.05) is 17.6 Å². The molecule has 2 unspecified atom stereocenters. The molecule has 1 aliphatic carbocycles. The minimum absolute atomic E-state index is 0.0139. The summed E-state index contributed by atoms with van der Waals surface area (Å²) in [6.07, 6.45) is 0.854. The first-order valence-electron chi connectivity index (χ1n) is 9.83. The van der Waals surface area contributed by atoms with E-state index in [1.165, 1.54) is 12.1 Å². The van der Waals surface area contributed by atoms with Gasteiger partial charge in [-0.25, -0.2) is 18.1 Å². The van der Waals surface area contributed by atoms with E-state index in [9.17, 15) is 26.0 Å². The van der Waals surface area contributed by atoms with Crippen molar-refractivity contribution in [2.24, 2.45) is 0 Å². The van der Waals surface area contributed by atoms with E-state index in [0.29, 0.717) is 18.9 Å². The van der Waals surface area contributed by atoms with E-state index in [4.69, 9.17) is 0 Å². The summed E-state index contributed by atoms with van der Waals surface area (Å²) in [5.41, 5.74) is -1.41. The second-order valence-electron chi connectivity index (χ2n) is 7.64. The van der Waals surface area contributed by atoms with Crippen LogP contribution < -0.4 is 4.72 Å². The van der Waals surface area contributed by atoms with Crippen LogP contribution in [0.25, 0.3) is 11.3 Å². The molecule has 12 heteroatoms. The molecule has 0 bridgehead atoms. The molecule has 32 heavy (non-hydrogen) atoms. The molecule has 7 nitrogen and oxygen atoms in total. The van der Waals surface area contributed by atoms with Gasteiger partial charge in [0.1, 0.15) is 12.7 Å². The molecule has 0 saturated heterocycles. The van der Waals surface area contributed by atoms with Gasteiger partial charge in [-0.1, -0.05) is 6.07 Å². The van der Waals surface area contributed by atoms with Crippen molar-refractivity contribution in [3.63, 3.8) is 0 Å². The predicted octanol–water partition coefficient (Wildman–Crippen LogP) is 3.96. The highest BCUT2D eigenvalue weighted by molar-refractivity contribution is 7.89. The standard InChI is InChI=1S/C20H19F4N5O2S/c21-19-6-2-5-18(27-19)13-7-14(20(22,23)24)9-17(8-13)32(30,31)28-15-3-1-4-16(10-15)29-11-25-26-12-29/h2,5-9,11-12,15-16,28H,1,3-4,10H2. The maximum atomic E-state index is 13.5. The van der Waals surface area contributed by atoms with Crippen LogP contribution in [-0.4, -0.2) is 34.2 Å². The van der Waals surface area contributed by atoms with E-state index >= 15 is 0 Å². The topological polar surface area (TPSA) is 89.8 Å². The van der Waals surface area contributed by atoms with E-state index in [1.807, 2.05) is 0 Å². The highest BCUT2D eigenvalue weighted by atomic mass is 32.2. The molecular weight excluding hydrogens is 450 g/mol. The van der Waals surface area contributed by atoms with Gasteiger partial charge in [-0.2, -0.15) is 17.6 Å². The average molecular weight is 469 g/mol. The largest absolute Gasteiger partial charge is 0.416 e. The summed E-state index contributed by atoms with van der Waals surface area (Å²) in [6.45, 7) is 0. The summed E-state index contributed by atoms with van der Waals surface area (Å²) in [5, 5.41) is 7.51. The third-order valence-corrected chi connectivity index (χ3v) is 6.88. The van der Waals surface area contributed by atoms with Crippen molar-refractivity contribution >= 4 is 10.0 Å². The first-order valence-corrected chi connectivity index (χ1v) is 11.3. The molecule has 170 valence electrons. The zero-order valence-electron chi connectivity index (χ0n) is 16.6. The highest BCUT2D eigenvalue weighted by Gasteiger charge is 2.34. The van der Waals surface area contributed by atoms with Crippen molar-refractivity contribution < 1.29 is 26.0 Å².